The van der Waals surface area contributed by atoms with Gasteiger partial charge in [0, 0.05) is 12.1 Å². The minimum absolute atomic E-state index is 0.0679. The van der Waals surface area contributed by atoms with Crippen LogP contribution in [0.4, 0.5) is 0 Å². The summed E-state index contributed by atoms with van der Waals surface area (Å²) in [6, 6.07) is 7.72. The molecule has 2 N–H and O–H groups in total. The number of benzene rings is 1. The van der Waals surface area contributed by atoms with E-state index in [1.807, 2.05) is 31.2 Å². The van der Waals surface area contributed by atoms with Gasteiger partial charge >= 0.3 is 0 Å². The summed E-state index contributed by atoms with van der Waals surface area (Å²) in [4.78, 5) is 0. The van der Waals surface area contributed by atoms with Crippen LogP contribution in [0.1, 0.15) is 12.5 Å². The number of aromatic nitrogens is 4. The van der Waals surface area contributed by atoms with Crippen molar-refractivity contribution in [2.24, 2.45) is 5.73 Å². The van der Waals surface area contributed by atoms with Crippen LogP contribution >= 0.6 is 0 Å². The molecule has 0 bridgehead atoms. The summed E-state index contributed by atoms with van der Waals surface area (Å²) >= 11 is 0. The average molecular weight is 261 g/mol. The third-order valence-electron chi connectivity index (χ3n) is 3.18. The van der Waals surface area contributed by atoms with Crippen molar-refractivity contribution >= 4 is 0 Å². The molecule has 1 aliphatic heterocycles. The molecule has 1 aromatic carbocycles. The highest BCUT2D eigenvalue weighted by atomic mass is 16.7. The monoisotopic (exact) mass is 261 g/mol. The lowest BCUT2D eigenvalue weighted by atomic mass is 10.1. The Bertz CT molecular complexity index is 559. The first-order valence-electron chi connectivity index (χ1n) is 6.07. The van der Waals surface area contributed by atoms with Crippen molar-refractivity contribution in [3.05, 3.63) is 36.2 Å². The van der Waals surface area contributed by atoms with E-state index in [1.54, 1.807) is 11.0 Å². The summed E-state index contributed by atoms with van der Waals surface area (Å²) in [5.74, 6) is -0.770. The van der Waals surface area contributed by atoms with E-state index in [0.29, 0.717) is 13.2 Å². The molecular formula is C12H15N5O2. The van der Waals surface area contributed by atoms with Gasteiger partial charge in [0.05, 0.1) is 18.4 Å². The average Bonchev–Trinajstić information content (AvgIpc) is 3.09. The van der Waals surface area contributed by atoms with E-state index in [0.717, 1.165) is 11.3 Å². The summed E-state index contributed by atoms with van der Waals surface area (Å²) in [6.45, 7) is 2.84. The van der Waals surface area contributed by atoms with E-state index in [4.69, 9.17) is 15.2 Å². The molecule has 3 rings (SSSR count). The molecule has 0 radical (unpaired) electrons. The molecule has 1 aromatic heterocycles. The molecule has 1 aliphatic rings. The van der Waals surface area contributed by atoms with E-state index in [2.05, 4.69) is 15.5 Å². The van der Waals surface area contributed by atoms with Gasteiger partial charge in [-0.1, -0.05) is 12.1 Å². The van der Waals surface area contributed by atoms with Gasteiger partial charge in [-0.2, -0.15) is 0 Å². The summed E-state index contributed by atoms with van der Waals surface area (Å²) in [6.07, 6.45) is 1.47. The predicted molar refractivity (Wildman–Crippen MR) is 66.4 cm³/mol. The summed E-state index contributed by atoms with van der Waals surface area (Å²) in [7, 11) is 0. The van der Waals surface area contributed by atoms with Gasteiger partial charge < -0.3 is 15.2 Å². The number of hydrogen-bond donors (Lipinski definition) is 1. The van der Waals surface area contributed by atoms with Crippen LogP contribution < -0.4 is 5.73 Å². The smallest absolute Gasteiger partial charge is 0.192 e. The first-order chi connectivity index (χ1) is 9.21. The lowest BCUT2D eigenvalue weighted by Crippen LogP contribution is -2.27. The van der Waals surface area contributed by atoms with Crippen molar-refractivity contribution in [3.63, 3.8) is 0 Å². The van der Waals surface area contributed by atoms with Gasteiger partial charge in [0.2, 0.25) is 0 Å². The normalized spacial score (nSPS) is 26.7. The van der Waals surface area contributed by atoms with E-state index in [-0.39, 0.29) is 6.10 Å². The SMILES string of the molecule is CC1(c2cccc(-n3cnnn3)c2)OCC(CN)O1. The van der Waals surface area contributed by atoms with E-state index in [9.17, 15) is 0 Å². The van der Waals surface area contributed by atoms with Crippen LogP contribution in [0.15, 0.2) is 30.6 Å². The lowest BCUT2D eigenvalue weighted by molar-refractivity contribution is -0.160. The Labute approximate surface area is 110 Å². The van der Waals surface area contributed by atoms with Gasteiger partial charge in [-0.3, -0.25) is 0 Å². The van der Waals surface area contributed by atoms with Gasteiger partial charge in [-0.05, 0) is 29.5 Å². The summed E-state index contributed by atoms with van der Waals surface area (Å²) in [5, 5.41) is 11.1. The van der Waals surface area contributed by atoms with Crippen LogP contribution in [0, 0.1) is 0 Å². The minimum atomic E-state index is -0.770. The second-order valence-corrected chi connectivity index (χ2v) is 4.54. The highest BCUT2D eigenvalue weighted by molar-refractivity contribution is 5.36. The Hall–Kier alpha value is -1.83. The molecule has 7 nitrogen and oxygen atoms in total. The van der Waals surface area contributed by atoms with Crippen molar-refractivity contribution in [2.45, 2.75) is 18.8 Å². The topological polar surface area (TPSA) is 88.1 Å². The van der Waals surface area contributed by atoms with Crippen molar-refractivity contribution in [3.8, 4) is 5.69 Å². The Balaban J connectivity index is 1.92. The fraction of sp³-hybridized carbons (Fsp3) is 0.417. The Morgan fingerprint density at radius 1 is 1.53 bits per heavy atom. The first-order valence-corrected chi connectivity index (χ1v) is 6.07. The largest absolute Gasteiger partial charge is 0.343 e. The van der Waals surface area contributed by atoms with E-state index in [1.165, 1.54) is 0 Å². The second kappa shape index (κ2) is 4.69. The van der Waals surface area contributed by atoms with Gasteiger partial charge in [0.1, 0.15) is 6.33 Å². The Morgan fingerprint density at radius 2 is 2.42 bits per heavy atom. The van der Waals surface area contributed by atoms with Gasteiger partial charge in [0.15, 0.2) is 5.79 Å². The molecular weight excluding hydrogens is 246 g/mol. The molecule has 2 atom stereocenters. The summed E-state index contributed by atoms with van der Waals surface area (Å²) in [5.41, 5.74) is 7.37. The fourth-order valence-electron chi connectivity index (χ4n) is 2.12. The van der Waals surface area contributed by atoms with Crippen LogP contribution in [0.5, 0.6) is 0 Å². The van der Waals surface area contributed by atoms with E-state index < -0.39 is 5.79 Å². The molecule has 1 saturated heterocycles. The zero-order valence-corrected chi connectivity index (χ0v) is 10.6. The standard InChI is InChI=1S/C12H15N5O2/c1-12(18-7-11(6-13)19-12)9-3-2-4-10(5-9)17-8-14-15-16-17/h2-5,8,11H,6-7,13H2,1H3. The maximum Gasteiger partial charge on any atom is 0.192 e. The highest BCUT2D eigenvalue weighted by Gasteiger charge is 2.38. The summed E-state index contributed by atoms with van der Waals surface area (Å²) < 4.78 is 13.2. The number of hydrogen-bond acceptors (Lipinski definition) is 6. The molecule has 1 fully saturated rings. The van der Waals surface area contributed by atoms with Crippen molar-refractivity contribution < 1.29 is 9.47 Å². The van der Waals surface area contributed by atoms with Gasteiger partial charge in [-0.25, -0.2) is 4.68 Å². The van der Waals surface area contributed by atoms with Crippen LogP contribution in [-0.4, -0.2) is 39.5 Å². The molecule has 0 saturated carbocycles. The van der Waals surface area contributed by atoms with E-state index >= 15 is 0 Å². The molecule has 0 spiro atoms. The molecule has 2 heterocycles. The number of tetrazole rings is 1. The zero-order chi connectivity index (χ0) is 13.3. The van der Waals surface area contributed by atoms with Gasteiger partial charge in [0.25, 0.3) is 0 Å². The molecule has 100 valence electrons. The third kappa shape index (κ3) is 2.23. The van der Waals surface area contributed by atoms with Crippen LogP contribution in [0.3, 0.4) is 0 Å². The Morgan fingerprint density at radius 3 is 3.11 bits per heavy atom. The molecule has 19 heavy (non-hydrogen) atoms. The van der Waals surface area contributed by atoms with Crippen molar-refractivity contribution in [2.75, 3.05) is 13.2 Å². The van der Waals surface area contributed by atoms with Crippen LogP contribution in [-0.2, 0) is 15.3 Å². The quantitative estimate of drug-likeness (QED) is 0.849. The van der Waals surface area contributed by atoms with Crippen molar-refractivity contribution in [1.29, 1.82) is 0 Å². The van der Waals surface area contributed by atoms with Crippen molar-refractivity contribution in [1.82, 2.24) is 20.2 Å². The first kappa shape index (κ1) is 12.2. The molecule has 7 heteroatoms. The van der Waals surface area contributed by atoms with Gasteiger partial charge in [-0.15, -0.1) is 5.10 Å². The maximum absolute atomic E-state index is 5.85. The fourth-order valence-corrected chi connectivity index (χ4v) is 2.12. The van der Waals surface area contributed by atoms with Crippen LogP contribution in [0.25, 0.3) is 5.69 Å². The molecule has 2 unspecified atom stereocenters. The minimum Gasteiger partial charge on any atom is -0.343 e. The Kier molecular flexibility index (Phi) is 3.02. The predicted octanol–water partition coefficient (Wildman–Crippen LogP) is 0.209. The molecule has 0 aliphatic carbocycles. The number of nitrogens with two attached hydrogens (primary N) is 1. The molecule has 2 aromatic rings. The maximum atomic E-state index is 5.85. The van der Waals surface area contributed by atoms with Crippen LogP contribution in [0.2, 0.25) is 0 Å². The highest BCUT2D eigenvalue weighted by Crippen LogP contribution is 2.34. The number of ether oxygens (including phenoxy) is 2. The molecule has 0 amide bonds. The third-order valence-corrected chi connectivity index (χ3v) is 3.18. The number of rotatable bonds is 3. The zero-order valence-electron chi connectivity index (χ0n) is 10.6. The second-order valence-electron chi connectivity index (χ2n) is 4.54. The lowest BCUT2D eigenvalue weighted by Gasteiger charge is -2.24. The number of nitrogens with zero attached hydrogens (tertiary/aromatic N) is 4.